The molecule has 6 heterocycles. The summed E-state index contributed by atoms with van der Waals surface area (Å²) in [5, 5.41) is 41.7. The van der Waals surface area contributed by atoms with Gasteiger partial charge in [0.05, 0.1) is 24.9 Å². The number of aliphatic hydroxyl groups is 4. The number of H-pyrrole nitrogens is 1. The maximum absolute atomic E-state index is 13.0. The lowest BCUT2D eigenvalue weighted by Gasteiger charge is -2.25. The van der Waals surface area contributed by atoms with Crippen molar-refractivity contribution >= 4 is 41.8 Å². The van der Waals surface area contributed by atoms with E-state index >= 15 is 0 Å². The van der Waals surface area contributed by atoms with Crippen LogP contribution >= 0.6 is 7.82 Å². The van der Waals surface area contributed by atoms with Crippen molar-refractivity contribution < 1.29 is 48.4 Å². The van der Waals surface area contributed by atoms with E-state index in [1.807, 2.05) is 0 Å². The topological polar surface area (TPSA) is 301 Å². The highest BCUT2D eigenvalue weighted by atomic mass is 31.2. The van der Waals surface area contributed by atoms with Crippen molar-refractivity contribution in [2.45, 2.75) is 49.1 Å². The van der Waals surface area contributed by atoms with Crippen LogP contribution in [-0.2, 0) is 23.1 Å². The van der Waals surface area contributed by atoms with E-state index in [0.29, 0.717) is 0 Å². The zero-order chi connectivity index (χ0) is 29.9. The highest BCUT2D eigenvalue weighted by Crippen LogP contribution is 2.50. The number of nitrogens with two attached hydrogens (primary N) is 2. The Kier molecular flexibility index (Phi) is 7.22. The van der Waals surface area contributed by atoms with Crippen molar-refractivity contribution in [1.29, 1.82) is 0 Å². The van der Waals surface area contributed by atoms with E-state index < -0.39 is 75.7 Å². The molecular weight excluding hydrogens is 585 g/mol. The molecule has 20 nitrogen and oxygen atoms in total. The van der Waals surface area contributed by atoms with E-state index in [2.05, 4.69) is 24.9 Å². The summed E-state index contributed by atoms with van der Waals surface area (Å²) >= 11 is 0. The molecule has 9 atom stereocenters. The number of anilines is 2. The molecule has 4 aromatic heterocycles. The van der Waals surface area contributed by atoms with Gasteiger partial charge >= 0.3 is 7.82 Å². The van der Waals surface area contributed by atoms with E-state index in [1.165, 1.54) is 34.1 Å². The Hall–Kier alpha value is -3.56. The molecule has 226 valence electrons. The van der Waals surface area contributed by atoms with Crippen molar-refractivity contribution in [1.82, 2.24) is 34.1 Å². The summed E-state index contributed by atoms with van der Waals surface area (Å²) in [4.78, 5) is 41.2. The van der Waals surface area contributed by atoms with Gasteiger partial charge in [-0.3, -0.25) is 23.4 Å². The molecule has 6 rings (SSSR count). The van der Waals surface area contributed by atoms with Crippen LogP contribution in [0.2, 0.25) is 0 Å². The number of aliphatic hydroxyl groups excluding tert-OH is 4. The molecule has 21 heteroatoms. The molecule has 2 unspecified atom stereocenters. The number of nitrogens with zero attached hydrogens (tertiary/aromatic N) is 6. The largest absolute Gasteiger partial charge is 0.472 e. The van der Waals surface area contributed by atoms with Gasteiger partial charge in [-0.25, -0.2) is 19.5 Å². The van der Waals surface area contributed by atoms with Crippen molar-refractivity contribution in [3.8, 4) is 0 Å². The van der Waals surface area contributed by atoms with Crippen molar-refractivity contribution in [3.63, 3.8) is 0 Å². The SMILES string of the molecule is Nc1nc2c(ccn2[C@@H]2OC(CO)[C@@H](O)[C@H]2OP(=O)(O)OC[C@H]2O[C@@H](n3cnc4c(N)ncnc43)[C@H](O)[C@@H]2O)c(=O)[nH]1. The lowest BCUT2D eigenvalue weighted by molar-refractivity contribution is -0.0614. The Morgan fingerprint density at radius 1 is 1.02 bits per heavy atom. The smallest absolute Gasteiger partial charge is 0.394 e. The molecule has 2 aliphatic heterocycles. The summed E-state index contributed by atoms with van der Waals surface area (Å²) in [7, 11) is -5.04. The van der Waals surface area contributed by atoms with Gasteiger partial charge in [-0.2, -0.15) is 4.98 Å². The van der Waals surface area contributed by atoms with Crippen LogP contribution < -0.4 is 17.0 Å². The first-order chi connectivity index (χ1) is 20.0. The highest BCUT2D eigenvalue weighted by Gasteiger charge is 2.50. The van der Waals surface area contributed by atoms with Gasteiger partial charge in [-0.1, -0.05) is 0 Å². The minimum absolute atomic E-state index is 0.0240. The Labute approximate surface area is 233 Å². The molecule has 0 amide bonds. The number of hydrogen-bond donors (Lipinski definition) is 8. The molecule has 2 fully saturated rings. The quantitative estimate of drug-likeness (QED) is 0.0926. The Morgan fingerprint density at radius 3 is 2.55 bits per heavy atom. The summed E-state index contributed by atoms with van der Waals surface area (Å²) in [6.45, 7) is -1.41. The normalized spacial score (nSPS) is 31.3. The second-order valence-electron chi connectivity index (χ2n) is 9.61. The van der Waals surface area contributed by atoms with Crippen LogP contribution in [0.3, 0.4) is 0 Å². The number of aromatic amines is 1. The first-order valence-electron chi connectivity index (χ1n) is 12.4. The summed E-state index contributed by atoms with van der Waals surface area (Å²) in [6, 6.07) is 1.39. The third kappa shape index (κ3) is 4.82. The van der Waals surface area contributed by atoms with Crippen molar-refractivity contribution in [3.05, 3.63) is 35.3 Å². The molecule has 0 aromatic carbocycles. The van der Waals surface area contributed by atoms with Crippen molar-refractivity contribution in [2.24, 2.45) is 0 Å². The number of rotatable bonds is 8. The number of aromatic nitrogens is 7. The van der Waals surface area contributed by atoms with Gasteiger partial charge in [0, 0.05) is 6.20 Å². The fourth-order valence-corrected chi connectivity index (χ4v) is 5.91. The number of nitrogen functional groups attached to an aromatic ring is 2. The van der Waals surface area contributed by atoms with Crippen LogP contribution in [0.4, 0.5) is 11.8 Å². The third-order valence-corrected chi connectivity index (χ3v) is 8.01. The molecule has 0 aliphatic carbocycles. The maximum atomic E-state index is 13.0. The van der Waals surface area contributed by atoms with Gasteiger partial charge in [-0.05, 0) is 6.07 Å². The molecule has 2 saturated heterocycles. The van der Waals surface area contributed by atoms with Crippen LogP contribution in [0, 0.1) is 0 Å². The fraction of sp³-hybridized carbons (Fsp3) is 0.476. The molecule has 0 spiro atoms. The second-order valence-corrected chi connectivity index (χ2v) is 11.0. The number of phosphoric ester groups is 1. The Bertz CT molecular complexity index is 1730. The summed E-state index contributed by atoms with van der Waals surface area (Å²) in [5.41, 5.74) is 11.4. The van der Waals surface area contributed by atoms with Crippen LogP contribution in [0.5, 0.6) is 0 Å². The van der Waals surface area contributed by atoms with Crippen molar-refractivity contribution in [2.75, 3.05) is 24.7 Å². The van der Waals surface area contributed by atoms with Gasteiger partial charge in [0.15, 0.2) is 29.6 Å². The first kappa shape index (κ1) is 28.6. The standard InChI is InChI=1S/C21H26N9O11P/c22-15-10-17(25-5-24-15)30(6-26-10)19-13(34)11(32)9(40-19)4-38-42(36,37)41-14-12(33)8(3-31)39-20(14)29-2-1-7-16(29)27-21(23)28-18(7)35/h1-2,5-6,8-9,11-14,19-20,31-34H,3-4H2,(H,36,37)(H2,22,24,25)(H3,23,27,28,35)/t8?,9-,11-,12-,13-,14-,19-,20-/m1/s1. The zero-order valence-corrected chi connectivity index (χ0v) is 22.2. The lowest BCUT2D eigenvalue weighted by Crippen LogP contribution is -2.36. The predicted molar refractivity (Wildman–Crippen MR) is 138 cm³/mol. The van der Waals surface area contributed by atoms with Gasteiger partial charge in [0.2, 0.25) is 5.95 Å². The molecule has 42 heavy (non-hydrogen) atoms. The van der Waals surface area contributed by atoms with Crippen LogP contribution in [0.1, 0.15) is 12.5 Å². The average molecular weight is 611 g/mol. The van der Waals surface area contributed by atoms with E-state index in [0.717, 1.165) is 0 Å². The molecule has 0 saturated carbocycles. The number of nitrogens with one attached hydrogen (secondary N) is 1. The van der Waals surface area contributed by atoms with E-state index in [-0.39, 0.29) is 34.0 Å². The highest BCUT2D eigenvalue weighted by molar-refractivity contribution is 7.47. The minimum atomic E-state index is -5.04. The van der Waals surface area contributed by atoms with Gasteiger partial charge in [-0.15, -0.1) is 0 Å². The zero-order valence-electron chi connectivity index (χ0n) is 21.3. The fourth-order valence-electron chi connectivity index (χ4n) is 4.98. The van der Waals surface area contributed by atoms with Gasteiger partial charge < -0.3 is 50.8 Å². The number of phosphoric acid groups is 1. The predicted octanol–water partition coefficient (Wildman–Crippen LogP) is -2.90. The Morgan fingerprint density at radius 2 is 1.79 bits per heavy atom. The van der Waals surface area contributed by atoms with Gasteiger partial charge in [0.1, 0.15) is 48.5 Å². The average Bonchev–Trinajstić information content (AvgIpc) is 3.69. The number of ether oxygens (including phenoxy) is 2. The first-order valence-corrected chi connectivity index (χ1v) is 13.9. The summed E-state index contributed by atoms with van der Waals surface area (Å²) in [5.74, 6) is -0.127. The van der Waals surface area contributed by atoms with Crippen LogP contribution in [0.15, 0.2) is 29.7 Å². The van der Waals surface area contributed by atoms with Gasteiger partial charge in [0.25, 0.3) is 5.56 Å². The maximum Gasteiger partial charge on any atom is 0.472 e. The summed E-state index contributed by atoms with van der Waals surface area (Å²) < 4.78 is 37.3. The Balaban J connectivity index is 1.19. The molecule has 10 N–H and O–H groups in total. The van der Waals surface area contributed by atoms with E-state index in [4.69, 9.17) is 30.0 Å². The second kappa shape index (κ2) is 10.6. The van der Waals surface area contributed by atoms with E-state index in [9.17, 15) is 34.7 Å². The number of fused-ring (bicyclic) bond motifs is 2. The van der Waals surface area contributed by atoms with Crippen LogP contribution in [-0.4, -0.2) is 109 Å². The lowest BCUT2D eigenvalue weighted by atomic mass is 10.1. The molecular formula is C21H26N9O11P. The molecule has 2 aliphatic rings. The van der Waals surface area contributed by atoms with E-state index in [1.54, 1.807) is 0 Å². The third-order valence-electron chi connectivity index (χ3n) is 7.02. The molecule has 0 bridgehead atoms. The molecule has 0 radical (unpaired) electrons. The van der Waals surface area contributed by atoms with Crippen LogP contribution in [0.25, 0.3) is 22.2 Å². The molecule has 4 aromatic rings. The monoisotopic (exact) mass is 611 g/mol. The number of hydrogen-bond acceptors (Lipinski definition) is 16. The minimum Gasteiger partial charge on any atom is -0.394 e. The number of imidazole rings is 1. The summed E-state index contributed by atoms with van der Waals surface area (Å²) in [6.07, 6.45) is -7.60.